The van der Waals surface area contributed by atoms with Crippen molar-refractivity contribution in [2.24, 2.45) is 4.99 Å². The van der Waals surface area contributed by atoms with Crippen molar-refractivity contribution in [2.45, 2.75) is 19.9 Å². The van der Waals surface area contributed by atoms with E-state index in [-0.39, 0.29) is 24.5 Å². The monoisotopic (exact) mass is 584 g/mol. The maximum Gasteiger partial charge on any atom is 0.338 e. The van der Waals surface area contributed by atoms with Gasteiger partial charge in [0, 0.05) is 5.56 Å². The first-order chi connectivity index (χ1) is 20.4. The summed E-state index contributed by atoms with van der Waals surface area (Å²) in [6.07, 6.45) is 1.82. The fraction of sp³-hybridized carbons (Fsp3) is 0.219. The lowest BCUT2D eigenvalue weighted by Crippen LogP contribution is -2.40. The van der Waals surface area contributed by atoms with Crippen LogP contribution in [-0.4, -0.2) is 38.2 Å². The summed E-state index contributed by atoms with van der Waals surface area (Å²) in [5.41, 5.74) is 3.54. The van der Waals surface area contributed by atoms with Crippen LogP contribution in [0, 0.1) is 6.92 Å². The van der Waals surface area contributed by atoms with Gasteiger partial charge in [-0.15, -0.1) is 0 Å². The molecule has 3 heterocycles. The van der Waals surface area contributed by atoms with Crippen LogP contribution >= 0.6 is 11.3 Å². The summed E-state index contributed by atoms with van der Waals surface area (Å²) < 4.78 is 29.6. The second kappa shape index (κ2) is 11.2. The molecule has 0 aliphatic carbocycles. The smallest absolute Gasteiger partial charge is 0.338 e. The van der Waals surface area contributed by atoms with Gasteiger partial charge in [-0.3, -0.25) is 9.36 Å². The number of hydrogen-bond acceptors (Lipinski definition) is 9. The zero-order chi connectivity index (χ0) is 29.4. The predicted molar refractivity (Wildman–Crippen MR) is 158 cm³/mol. The first-order valence-corrected chi connectivity index (χ1v) is 14.2. The summed E-state index contributed by atoms with van der Waals surface area (Å²) >= 11 is 1.25. The normalized spacial score (nSPS) is 15.7. The molecule has 0 spiro atoms. The SMILES string of the molecule is CCOC(=O)C1=C(c2ccccc2)N=c2sc(=Cc3cc4c(cc3C)OCO4)c(=O)n2C1c1ccc(OC)c(OC)c1. The van der Waals surface area contributed by atoms with E-state index in [9.17, 15) is 9.59 Å². The van der Waals surface area contributed by atoms with E-state index in [2.05, 4.69) is 0 Å². The fourth-order valence-corrected chi connectivity index (χ4v) is 6.13. The second-order valence-corrected chi connectivity index (χ2v) is 10.6. The molecule has 214 valence electrons. The number of carbonyl (C=O) groups excluding carboxylic acids is 1. The van der Waals surface area contributed by atoms with Gasteiger partial charge in [-0.25, -0.2) is 9.79 Å². The summed E-state index contributed by atoms with van der Waals surface area (Å²) in [5, 5.41) is 0. The van der Waals surface area contributed by atoms with Crippen LogP contribution in [0.25, 0.3) is 11.8 Å². The average molecular weight is 585 g/mol. The van der Waals surface area contributed by atoms with Crippen molar-refractivity contribution >= 4 is 29.1 Å². The van der Waals surface area contributed by atoms with Crippen molar-refractivity contribution < 1.29 is 28.5 Å². The number of carbonyl (C=O) groups is 1. The maximum absolute atomic E-state index is 14.2. The van der Waals surface area contributed by atoms with Gasteiger partial charge in [0.25, 0.3) is 5.56 Å². The Labute approximate surface area is 245 Å². The molecule has 0 amide bonds. The number of hydrogen-bond donors (Lipinski definition) is 0. The van der Waals surface area contributed by atoms with Gasteiger partial charge in [0.05, 0.1) is 42.7 Å². The van der Waals surface area contributed by atoms with Crippen molar-refractivity contribution in [1.82, 2.24) is 4.57 Å². The molecule has 3 aromatic carbocycles. The van der Waals surface area contributed by atoms with E-state index in [1.165, 1.54) is 18.4 Å². The van der Waals surface area contributed by atoms with Gasteiger partial charge in [-0.2, -0.15) is 0 Å². The van der Waals surface area contributed by atoms with E-state index in [1.807, 2.05) is 61.5 Å². The minimum Gasteiger partial charge on any atom is -0.493 e. The van der Waals surface area contributed by atoms with Crippen LogP contribution < -0.4 is 33.8 Å². The Morgan fingerprint density at radius 3 is 2.50 bits per heavy atom. The molecule has 0 radical (unpaired) electrons. The number of fused-ring (bicyclic) bond motifs is 2. The van der Waals surface area contributed by atoms with Crippen molar-refractivity contribution in [3.05, 3.63) is 108 Å². The number of aryl methyl sites for hydroxylation is 1. The third-order valence-electron chi connectivity index (χ3n) is 7.14. The number of ether oxygens (including phenoxy) is 5. The molecule has 1 atom stereocenters. The first kappa shape index (κ1) is 27.3. The number of methoxy groups -OCH3 is 2. The summed E-state index contributed by atoms with van der Waals surface area (Å²) in [4.78, 5) is 33.2. The Bertz CT molecular complexity index is 1910. The number of benzene rings is 3. The number of esters is 1. The number of thiazole rings is 1. The Morgan fingerprint density at radius 2 is 1.79 bits per heavy atom. The van der Waals surface area contributed by atoms with Crippen molar-refractivity contribution in [2.75, 3.05) is 27.6 Å². The standard InChI is InChI=1S/C32H28N2O7S/c1-5-39-31(36)27-28(19-9-7-6-8-10-19)33-32-34(29(27)20-11-12-22(37-3)23(14-20)38-4)30(35)26(42-32)16-21-15-25-24(13-18(21)2)40-17-41-25/h6-16,29H,5,17H2,1-4H3. The van der Waals surface area contributed by atoms with Gasteiger partial charge in [-0.1, -0.05) is 47.7 Å². The molecule has 2 aliphatic heterocycles. The van der Waals surface area contributed by atoms with Gasteiger partial charge in [0.2, 0.25) is 6.79 Å². The Kier molecular flexibility index (Phi) is 7.30. The molecule has 4 aromatic rings. The van der Waals surface area contributed by atoms with Gasteiger partial charge < -0.3 is 23.7 Å². The quantitative estimate of drug-likeness (QED) is 0.303. The minimum absolute atomic E-state index is 0.157. The summed E-state index contributed by atoms with van der Waals surface area (Å²) in [6, 6.07) is 17.7. The molecule has 0 saturated heterocycles. The fourth-order valence-electron chi connectivity index (χ4n) is 5.13. The lowest BCUT2D eigenvalue weighted by molar-refractivity contribution is -0.138. The number of aromatic nitrogens is 1. The van der Waals surface area contributed by atoms with Crippen LogP contribution in [-0.2, 0) is 9.53 Å². The number of nitrogens with zero attached hydrogens (tertiary/aromatic N) is 2. The highest BCUT2D eigenvalue weighted by Crippen LogP contribution is 2.39. The lowest BCUT2D eigenvalue weighted by atomic mass is 9.93. The van der Waals surface area contributed by atoms with E-state index in [4.69, 9.17) is 28.7 Å². The molecule has 0 fully saturated rings. The van der Waals surface area contributed by atoms with Crippen LogP contribution in [0.2, 0.25) is 0 Å². The second-order valence-electron chi connectivity index (χ2n) is 9.61. The third kappa shape index (κ3) is 4.73. The molecule has 10 heteroatoms. The molecule has 2 aliphatic rings. The molecule has 6 rings (SSSR count). The van der Waals surface area contributed by atoms with E-state index in [1.54, 1.807) is 30.7 Å². The molecular weight excluding hydrogens is 556 g/mol. The van der Waals surface area contributed by atoms with Crippen LogP contribution in [0.4, 0.5) is 0 Å². The Hall–Kier alpha value is -4.83. The summed E-state index contributed by atoms with van der Waals surface area (Å²) in [5.74, 6) is 1.73. The average Bonchev–Trinajstić information content (AvgIpc) is 3.59. The molecule has 42 heavy (non-hydrogen) atoms. The van der Waals surface area contributed by atoms with Gasteiger partial charge in [0.1, 0.15) is 0 Å². The summed E-state index contributed by atoms with van der Waals surface area (Å²) in [7, 11) is 3.09. The van der Waals surface area contributed by atoms with Crippen LogP contribution in [0.15, 0.2) is 76.0 Å². The highest BCUT2D eigenvalue weighted by Gasteiger charge is 2.35. The third-order valence-corrected chi connectivity index (χ3v) is 8.13. The van der Waals surface area contributed by atoms with Crippen LogP contribution in [0.3, 0.4) is 0 Å². The van der Waals surface area contributed by atoms with Crippen LogP contribution in [0.1, 0.15) is 35.2 Å². The zero-order valence-electron chi connectivity index (χ0n) is 23.5. The van der Waals surface area contributed by atoms with Gasteiger partial charge >= 0.3 is 5.97 Å². The Morgan fingerprint density at radius 1 is 1.05 bits per heavy atom. The molecule has 0 N–H and O–H groups in total. The highest BCUT2D eigenvalue weighted by molar-refractivity contribution is 7.07. The maximum atomic E-state index is 14.2. The largest absolute Gasteiger partial charge is 0.493 e. The Balaban J connectivity index is 1.64. The molecule has 0 saturated carbocycles. The lowest BCUT2D eigenvalue weighted by Gasteiger charge is -2.26. The van der Waals surface area contributed by atoms with Gasteiger partial charge in [-0.05, 0) is 60.9 Å². The first-order valence-electron chi connectivity index (χ1n) is 13.3. The minimum atomic E-state index is -0.838. The zero-order valence-corrected chi connectivity index (χ0v) is 24.3. The molecule has 1 unspecified atom stereocenters. The van der Waals surface area contributed by atoms with E-state index in [0.717, 1.165) is 16.7 Å². The van der Waals surface area contributed by atoms with Crippen LogP contribution in [0.5, 0.6) is 23.0 Å². The topological polar surface area (TPSA) is 97.6 Å². The van der Waals surface area contributed by atoms with E-state index < -0.39 is 12.0 Å². The molecule has 9 nitrogen and oxygen atoms in total. The molecule has 1 aromatic heterocycles. The highest BCUT2D eigenvalue weighted by atomic mass is 32.1. The van der Waals surface area contributed by atoms with Crippen molar-refractivity contribution in [1.29, 1.82) is 0 Å². The van der Waals surface area contributed by atoms with E-state index >= 15 is 0 Å². The number of rotatable bonds is 7. The molecular formula is C32H28N2O7S. The van der Waals surface area contributed by atoms with Crippen molar-refractivity contribution in [3.8, 4) is 23.0 Å². The summed E-state index contributed by atoms with van der Waals surface area (Å²) in [6.45, 7) is 4.01. The van der Waals surface area contributed by atoms with Crippen molar-refractivity contribution in [3.63, 3.8) is 0 Å². The molecule has 0 bridgehead atoms. The van der Waals surface area contributed by atoms with E-state index in [0.29, 0.717) is 43.6 Å². The van der Waals surface area contributed by atoms with Gasteiger partial charge in [0.15, 0.2) is 27.8 Å². The predicted octanol–water partition coefficient (Wildman–Crippen LogP) is 3.99.